The quantitative estimate of drug-likeness (QED) is 0.387. The Morgan fingerprint density at radius 3 is 2.54 bits per heavy atom. The lowest BCUT2D eigenvalue weighted by molar-refractivity contribution is -0.122. The van der Waals surface area contributed by atoms with Crippen LogP contribution >= 0.6 is 0 Å². The molecule has 6 heteroatoms. The third kappa shape index (κ3) is 4.88. The minimum atomic E-state index is -0.361. The molecule has 6 nitrogen and oxygen atoms in total. The first kappa shape index (κ1) is 25.5. The highest BCUT2D eigenvalue weighted by atomic mass is 16.5. The summed E-state index contributed by atoms with van der Waals surface area (Å²) in [6.07, 6.45) is 4.91. The van der Waals surface area contributed by atoms with Gasteiger partial charge in [0.2, 0.25) is 0 Å². The predicted octanol–water partition coefficient (Wildman–Crippen LogP) is 7.08. The average molecular weight is 524 g/mol. The number of aliphatic imine (C=N–C) groups is 1. The lowest BCUT2D eigenvalue weighted by Gasteiger charge is -2.37. The van der Waals surface area contributed by atoms with Crippen LogP contribution in [0.15, 0.2) is 71.7 Å². The number of nitrogens with zero attached hydrogens (tertiary/aromatic N) is 2. The number of methoxy groups -OCH3 is 2. The number of carbonyl (C=O) groups is 1. The van der Waals surface area contributed by atoms with Crippen molar-refractivity contribution in [1.29, 1.82) is 0 Å². The van der Waals surface area contributed by atoms with E-state index in [4.69, 9.17) is 14.5 Å². The van der Waals surface area contributed by atoms with E-state index in [1.54, 1.807) is 14.2 Å². The molecule has 1 N–H and O–H groups in total. The molecule has 3 aromatic carbocycles. The minimum Gasteiger partial charge on any atom is -0.497 e. The van der Waals surface area contributed by atoms with Crippen molar-refractivity contribution in [2.24, 2.45) is 10.9 Å². The van der Waals surface area contributed by atoms with Crippen LogP contribution in [-0.2, 0) is 4.79 Å². The topological polar surface area (TPSA) is 63.2 Å². The van der Waals surface area contributed by atoms with Gasteiger partial charge in [-0.3, -0.25) is 9.79 Å². The maximum absolute atomic E-state index is 14.0. The zero-order chi connectivity index (χ0) is 26.9. The average Bonchev–Trinajstić information content (AvgIpc) is 3.14. The number of benzene rings is 3. The van der Waals surface area contributed by atoms with Crippen LogP contribution in [0.3, 0.4) is 0 Å². The van der Waals surface area contributed by atoms with E-state index in [9.17, 15) is 4.79 Å². The molecule has 0 aromatic heterocycles. The molecule has 202 valence electrons. The summed E-state index contributed by atoms with van der Waals surface area (Å²) in [7, 11) is 3.40. The summed E-state index contributed by atoms with van der Waals surface area (Å²) in [6, 6.07) is 22.9. The Balaban J connectivity index is 1.38. The third-order valence-electron chi connectivity index (χ3n) is 8.70. The lowest BCUT2D eigenvalue weighted by Crippen LogP contribution is -2.39. The van der Waals surface area contributed by atoms with Crippen LogP contribution in [0.25, 0.3) is 0 Å². The number of hydrogen-bond donors (Lipinski definition) is 1. The number of carbonyl (C=O) groups excluding carboxylic acids is 1. The summed E-state index contributed by atoms with van der Waals surface area (Å²) >= 11 is 0. The summed E-state index contributed by atoms with van der Waals surface area (Å²) in [5.41, 5.74) is 6.07. The van der Waals surface area contributed by atoms with Crippen molar-refractivity contribution in [2.75, 3.05) is 31.0 Å². The zero-order valence-corrected chi connectivity index (χ0v) is 23.0. The van der Waals surface area contributed by atoms with Crippen molar-refractivity contribution < 1.29 is 14.3 Å². The van der Waals surface area contributed by atoms with Crippen molar-refractivity contribution in [3.63, 3.8) is 0 Å². The number of hydrogen-bond acceptors (Lipinski definition) is 6. The monoisotopic (exact) mass is 523 g/mol. The van der Waals surface area contributed by atoms with E-state index in [0.29, 0.717) is 12.5 Å². The van der Waals surface area contributed by atoms with E-state index in [0.717, 1.165) is 52.7 Å². The molecular formula is C33H37N3O3. The van der Waals surface area contributed by atoms with Crippen LogP contribution in [0.2, 0.25) is 0 Å². The first-order valence-corrected chi connectivity index (χ1v) is 14.1. The van der Waals surface area contributed by atoms with Gasteiger partial charge in [-0.1, -0.05) is 30.3 Å². The molecule has 0 amide bonds. The minimum absolute atomic E-state index is 0.0918. The molecule has 1 saturated carbocycles. The first-order chi connectivity index (χ1) is 19.1. The highest BCUT2D eigenvalue weighted by Crippen LogP contribution is 2.46. The van der Waals surface area contributed by atoms with Crippen molar-refractivity contribution in [2.45, 2.75) is 57.0 Å². The Kier molecular flexibility index (Phi) is 7.03. The number of fused-ring (bicyclic) bond motifs is 2. The van der Waals surface area contributed by atoms with Crippen molar-refractivity contribution in [3.8, 4) is 11.5 Å². The standard InChI is InChI=1S/C33H37N3O3/c1-21-8-6-7-17-36(21)24-13-16-26(31(20-24)39-3)33-32-29(34-27-9-4-5-10-28(27)35-33)18-23(19-30(32)37)22-11-14-25(38-2)15-12-22/h4-5,9-16,20-21,23,32-33,35H,6-8,17-19H2,1-3H3. The third-order valence-corrected chi connectivity index (χ3v) is 8.70. The number of piperidine rings is 1. The second-order valence-electron chi connectivity index (χ2n) is 11.0. The zero-order valence-electron chi connectivity index (χ0n) is 23.0. The maximum Gasteiger partial charge on any atom is 0.144 e. The van der Waals surface area contributed by atoms with Crippen LogP contribution in [0.4, 0.5) is 17.1 Å². The van der Waals surface area contributed by atoms with Gasteiger partial charge in [-0.25, -0.2) is 0 Å². The molecule has 39 heavy (non-hydrogen) atoms. The van der Waals surface area contributed by atoms with Crippen LogP contribution in [-0.4, -0.2) is 38.3 Å². The number of rotatable bonds is 5. The molecule has 6 rings (SSSR count). The Hall–Kier alpha value is -3.80. The van der Waals surface area contributed by atoms with Crippen molar-refractivity contribution in [1.82, 2.24) is 0 Å². The number of anilines is 2. The van der Waals surface area contributed by atoms with Crippen molar-refractivity contribution >= 4 is 28.6 Å². The Bertz CT molecular complexity index is 1380. The first-order valence-electron chi connectivity index (χ1n) is 14.1. The normalized spacial score (nSPS) is 24.5. The van der Waals surface area contributed by atoms with Crippen LogP contribution < -0.4 is 19.7 Å². The highest BCUT2D eigenvalue weighted by Gasteiger charge is 2.42. The second-order valence-corrected chi connectivity index (χ2v) is 11.0. The molecule has 2 fully saturated rings. The maximum atomic E-state index is 14.0. The Morgan fingerprint density at radius 1 is 0.949 bits per heavy atom. The molecule has 0 radical (unpaired) electrons. The molecule has 2 aliphatic heterocycles. The molecule has 0 bridgehead atoms. The SMILES string of the molecule is COc1ccc(C2CC(=O)C3C(=Nc4ccccc4NC3c3ccc(N4CCCCC4C)cc3OC)C2)cc1. The summed E-state index contributed by atoms with van der Waals surface area (Å²) in [5.74, 6) is 1.57. The van der Waals surface area contributed by atoms with E-state index in [2.05, 4.69) is 47.5 Å². The smallest absolute Gasteiger partial charge is 0.144 e. The predicted molar refractivity (Wildman–Crippen MR) is 157 cm³/mol. The van der Waals surface area contributed by atoms with Crippen LogP contribution in [0.1, 0.15) is 62.1 Å². The largest absolute Gasteiger partial charge is 0.497 e. The van der Waals surface area contributed by atoms with Gasteiger partial charge in [-0.15, -0.1) is 0 Å². The highest BCUT2D eigenvalue weighted by molar-refractivity contribution is 6.11. The van der Waals surface area contributed by atoms with Gasteiger partial charge in [0.05, 0.1) is 37.6 Å². The second kappa shape index (κ2) is 10.8. The van der Waals surface area contributed by atoms with Crippen LogP contribution in [0.5, 0.6) is 11.5 Å². The fourth-order valence-corrected chi connectivity index (χ4v) is 6.59. The van der Waals surface area contributed by atoms with E-state index in [1.165, 1.54) is 24.9 Å². The molecule has 2 heterocycles. The fourth-order valence-electron chi connectivity index (χ4n) is 6.59. The number of ether oxygens (including phenoxy) is 2. The van der Waals surface area contributed by atoms with Gasteiger partial charge >= 0.3 is 0 Å². The molecule has 1 saturated heterocycles. The summed E-state index contributed by atoms with van der Waals surface area (Å²) in [4.78, 5) is 21.6. The molecule has 0 spiro atoms. The summed E-state index contributed by atoms with van der Waals surface area (Å²) in [5, 5.41) is 3.71. The molecule has 3 aliphatic rings. The van der Waals surface area contributed by atoms with E-state index < -0.39 is 0 Å². The van der Waals surface area contributed by atoms with Gasteiger partial charge in [0.15, 0.2) is 0 Å². The lowest BCUT2D eigenvalue weighted by atomic mass is 9.72. The van der Waals surface area contributed by atoms with Gasteiger partial charge in [-0.05, 0) is 74.4 Å². The number of para-hydroxylation sites is 2. The van der Waals surface area contributed by atoms with Gasteiger partial charge < -0.3 is 19.7 Å². The molecular weight excluding hydrogens is 486 g/mol. The van der Waals surface area contributed by atoms with Crippen LogP contribution in [0, 0.1) is 5.92 Å². The Morgan fingerprint density at radius 2 is 1.77 bits per heavy atom. The van der Waals surface area contributed by atoms with Gasteiger partial charge in [0.25, 0.3) is 0 Å². The number of nitrogens with one attached hydrogen (secondary N) is 1. The number of ketones is 1. The summed E-state index contributed by atoms with van der Waals surface area (Å²) < 4.78 is 11.3. The Labute approximate surface area is 231 Å². The molecule has 4 unspecified atom stereocenters. The van der Waals surface area contributed by atoms with Gasteiger partial charge in [-0.2, -0.15) is 0 Å². The van der Waals surface area contributed by atoms with Crippen molar-refractivity contribution in [3.05, 3.63) is 77.9 Å². The molecule has 3 aromatic rings. The van der Waals surface area contributed by atoms with Gasteiger partial charge in [0, 0.05) is 42.0 Å². The molecule has 1 aliphatic carbocycles. The van der Waals surface area contributed by atoms with E-state index in [1.807, 2.05) is 36.4 Å². The van der Waals surface area contributed by atoms with E-state index >= 15 is 0 Å². The fraction of sp³-hybridized carbons (Fsp3) is 0.394. The molecule has 4 atom stereocenters. The van der Waals surface area contributed by atoms with Gasteiger partial charge in [0.1, 0.15) is 17.3 Å². The summed E-state index contributed by atoms with van der Waals surface area (Å²) in [6.45, 7) is 3.36. The van der Waals surface area contributed by atoms with E-state index in [-0.39, 0.29) is 23.7 Å². The number of Topliss-reactive ketones (excluding diaryl/α,β-unsaturated/α-hetero) is 1.